The van der Waals surface area contributed by atoms with E-state index in [1.165, 1.54) is 6.08 Å². The van der Waals surface area contributed by atoms with Crippen LogP contribution in [0.5, 0.6) is 5.75 Å². The van der Waals surface area contributed by atoms with Crippen molar-refractivity contribution in [2.24, 2.45) is 0 Å². The van der Waals surface area contributed by atoms with Crippen LogP contribution in [0, 0.1) is 6.92 Å². The van der Waals surface area contributed by atoms with Gasteiger partial charge in [0.1, 0.15) is 18.8 Å². The Kier molecular flexibility index (Phi) is 7.84. The highest BCUT2D eigenvalue weighted by Gasteiger charge is 2.35. The molecule has 1 heterocycles. The average molecular weight is 545 g/mol. The molecule has 1 fully saturated rings. The van der Waals surface area contributed by atoms with Gasteiger partial charge in [-0.15, -0.1) is 0 Å². The van der Waals surface area contributed by atoms with Gasteiger partial charge in [0, 0.05) is 16.3 Å². The first-order chi connectivity index (χ1) is 17.2. The van der Waals surface area contributed by atoms with E-state index < -0.39 is 24.4 Å². The van der Waals surface area contributed by atoms with Crippen LogP contribution in [-0.2, 0) is 16.2 Å². The molecule has 3 aromatic rings. The molecule has 1 aliphatic heterocycles. The van der Waals surface area contributed by atoms with Gasteiger partial charge >= 0.3 is 6.03 Å². The SMILES string of the molecule is Cc1ccc(NC(=O)CN2C(=O)N/C(=C/c3cc(Cl)c(OCc4ccccc4Cl)c(Cl)c3)C2=O)cc1. The van der Waals surface area contributed by atoms with E-state index in [1.54, 1.807) is 30.3 Å². The van der Waals surface area contributed by atoms with E-state index >= 15 is 0 Å². The van der Waals surface area contributed by atoms with Crippen molar-refractivity contribution in [3.05, 3.63) is 98.1 Å². The van der Waals surface area contributed by atoms with Crippen LogP contribution in [0.1, 0.15) is 16.7 Å². The van der Waals surface area contributed by atoms with Crippen LogP contribution in [0.3, 0.4) is 0 Å². The minimum absolute atomic E-state index is 0.0139. The summed E-state index contributed by atoms with van der Waals surface area (Å²) in [5, 5.41) is 6.12. The maximum Gasteiger partial charge on any atom is 0.329 e. The molecule has 7 nitrogen and oxygen atoms in total. The smallest absolute Gasteiger partial charge is 0.329 e. The number of rotatable bonds is 7. The molecular weight excluding hydrogens is 525 g/mol. The Morgan fingerprint density at radius 1 is 1.00 bits per heavy atom. The number of nitrogens with one attached hydrogen (secondary N) is 2. The second kappa shape index (κ2) is 11.0. The van der Waals surface area contributed by atoms with E-state index in [0.29, 0.717) is 16.3 Å². The number of aryl methyl sites for hydroxylation is 1. The lowest BCUT2D eigenvalue weighted by Gasteiger charge is -2.12. The van der Waals surface area contributed by atoms with Gasteiger partial charge in [-0.25, -0.2) is 9.69 Å². The molecule has 10 heteroatoms. The summed E-state index contributed by atoms with van der Waals surface area (Å²) in [6.45, 7) is 1.65. The molecule has 2 N–H and O–H groups in total. The Morgan fingerprint density at radius 3 is 2.33 bits per heavy atom. The van der Waals surface area contributed by atoms with Gasteiger partial charge in [0.2, 0.25) is 5.91 Å². The standard InChI is InChI=1S/C26H20Cl3N3O4/c1-15-6-8-18(9-7-15)30-23(33)13-32-25(34)22(31-26(32)35)12-16-10-20(28)24(21(29)11-16)36-14-17-4-2-3-5-19(17)27/h2-12H,13-14H2,1H3,(H,30,33)(H,31,35)/b22-12+. The van der Waals surface area contributed by atoms with Crippen LogP contribution in [0.25, 0.3) is 6.08 Å². The van der Waals surface area contributed by atoms with Gasteiger partial charge in [-0.1, -0.05) is 70.7 Å². The summed E-state index contributed by atoms with van der Waals surface area (Å²) in [7, 11) is 0. The van der Waals surface area contributed by atoms with Gasteiger partial charge in [0.15, 0.2) is 5.75 Å². The van der Waals surface area contributed by atoms with Crippen molar-refractivity contribution in [1.82, 2.24) is 10.2 Å². The number of benzene rings is 3. The first-order valence-electron chi connectivity index (χ1n) is 10.8. The van der Waals surface area contributed by atoms with Crippen molar-refractivity contribution >= 4 is 64.4 Å². The highest BCUT2D eigenvalue weighted by Crippen LogP contribution is 2.36. The minimum Gasteiger partial charge on any atom is -0.486 e. The van der Waals surface area contributed by atoms with Gasteiger partial charge < -0.3 is 15.4 Å². The molecule has 1 aliphatic rings. The Labute approximate surface area is 222 Å². The van der Waals surface area contributed by atoms with Crippen LogP contribution in [0.4, 0.5) is 10.5 Å². The third-order valence-corrected chi connectivity index (χ3v) is 6.19. The van der Waals surface area contributed by atoms with Crippen molar-refractivity contribution in [3.63, 3.8) is 0 Å². The normalized spacial score (nSPS) is 14.2. The first kappa shape index (κ1) is 25.6. The highest BCUT2D eigenvalue weighted by molar-refractivity contribution is 6.37. The lowest BCUT2D eigenvalue weighted by Crippen LogP contribution is -2.38. The third kappa shape index (κ3) is 5.99. The number of ether oxygens (including phenoxy) is 1. The molecule has 36 heavy (non-hydrogen) atoms. The van der Waals surface area contributed by atoms with Crippen molar-refractivity contribution in [2.45, 2.75) is 13.5 Å². The van der Waals surface area contributed by atoms with Gasteiger partial charge in [-0.2, -0.15) is 0 Å². The molecule has 184 valence electrons. The predicted molar refractivity (Wildman–Crippen MR) is 140 cm³/mol. The third-order valence-electron chi connectivity index (χ3n) is 5.26. The fourth-order valence-electron chi connectivity index (χ4n) is 3.43. The molecule has 0 unspecified atom stereocenters. The molecule has 0 radical (unpaired) electrons. The Hall–Kier alpha value is -3.52. The molecule has 4 amide bonds. The van der Waals surface area contributed by atoms with Crippen molar-refractivity contribution in [1.29, 1.82) is 0 Å². The van der Waals surface area contributed by atoms with Gasteiger partial charge in [0.05, 0.1) is 10.0 Å². The maximum atomic E-state index is 12.8. The van der Waals surface area contributed by atoms with Gasteiger partial charge in [-0.05, 0) is 48.9 Å². The van der Waals surface area contributed by atoms with E-state index in [9.17, 15) is 14.4 Å². The van der Waals surface area contributed by atoms with E-state index in [2.05, 4.69) is 10.6 Å². The molecular formula is C26H20Cl3N3O4. The number of imide groups is 1. The number of amides is 4. The quantitative estimate of drug-likeness (QED) is 0.279. The topological polar surface area (TPSA) is 87.7 Å². The zero-order valence-corrected chi connectivity index (χ0v) is 21.2. The minimum atomic E-state index is -0.706. The van der Waals surface area contributed by atoms with Gasteiger partial charge in [-0.3, -0.25) is 9.59 Å². The molecule has 4 rings (SSSR count). The summed E-state index contributed by atoms with van der Waals surface area (Å²) in [5.41, 5.74) is 2.82. The van der Waals surface area contributed by atoms with Crippen molar-refractivity contribution in [2.75, 3.05) is 11.9 Å². The first-order valence-corrected chi connectivity index (χ1v) is 11.9. The maximum absolute atomic E-state index is 12.8. The zero-order chi connectivity index (χ0) is 25.8. The van der Waals surface area contributed by atoms with Crippen LogP contribution < -0.4 is 15.4 Å². The van der Waals surface area contributed by atoms with E-state index in [-0.39, 0.29) is 28.1 Å². The van der Waals surface area contributed by atoms with Crippen molar-refractivity contribution in [3.8, 4) is 5.75 Å². The Balaban J connectivity index is 1.44. The number of nitrogens with zero attached hydrogens (tertiary/aromatic N) is 1. The molecule has 0 saturated carbocycles. The van der Waals surface area contributed by atoms with E-state index in [1.807, 2.05) is 37.3 Å². The monoisotopic (exact) mass is 543 g/mol. The summed E-state index contributed by atoms with van der Waals surface area (Å²) in [4.78, 5) is 38.3. The Morgan fingerprint density at radius 2 is 1.67 bits per heavy atom. The predicted octanol–water partition coefficient (Wildman–Crippen LogP) is 6.07. The molecule has 1 saturated heterocycles. The lowest BCUT2D eigenvalue weighted by atomic mass is 10.1. The molecule has 0 bridgehead atoms. The summed E-state index contributed by atoms with van der Waals surface area (Å²) in [6, 6.07) is 16.8. The zero-order valence-electron chi connectivity index (χ0n) is 19.0. The van der Waals surface area contributed by atoms with Crippen LogP contribution >= 0.6 is 34.8 Å². The fraction of sp³-hybridized carbons (Fsp3) is 0.115. The average Bonchev–Trinajstić information content (AvgIpc) is 3.08. The summed E-state index contributed by atoms with van der Waals surface area (Å²) in [6.07, 6.45) is 1.42. The number of hydrogen-bond donors (Lipinski definition) is 2. The van der Waals surface area contributed by atoms with Crippen LogP contribution in [0.2, 0.25) is 15.1 Å². The molecule has 0 aliphatic carbocycles. The second-order valence-corrected chi connectivity index (χ2v) is 9.21. The number of anilines is 1. The van der Waals surface area contributed by atoms with Crippen molar-refractivity contribution < 1.29 is 19.1 Å². The summed E-state index contributed by atoms with van der Waals surface area (Å²) < 4.78 is 5.76. The molecule has 0 spiro atoms. The Bertz CT molecular complexity index is 1350. The number of carbonyl (C=O) groups excluding carboxylic acids is 3. The number of urea groups is 1. The van der Waals surface area contributed by atoms with E-state index in [4.69, 9.17) is 39.5 Å². The molecule has 3 aromatic carbocycles. The number of halogens is 3. The molecule has 0 atom stereocenters. The molecule has 0 aromatic heterocycles. The summed E-state index contributed by atoms with van der Waals surface area (Å²) in [5.74, 6) is -0.892. The number of carbonyl (C=O) groups is 3. The van der Waals surface area contributed by atoms with Crippen LogP contribution in [0.15, 0.2) is 66.4 Å². The second-order valence-electron chi connectivity index (χ2n) is 7.99. The lowest BCUT2D eigenvalue weighted by molar-refractivity contribution is -0.127. The van der Waals surface area contributed by atoms with Crippen LogP contribution in [-0.4, -0.2) is 29.3 Å². The fourth-order valence-corrected chi connectivity index (χ4v) is 4.23. The van der Waals surface area contributed by atoms with E-state index in [0.717, 1.165) is 16.0 Å². The van der Waals surface area contributed by atoms with Gasteiger partial charge in [0.25, 0.3) is 5.91 Å². The summed E-state index contributed by atoms with van der Waals surface area (Å²) >= 11 is 18.9. The largest absolute Gasteiger partial charge is 0.486 e. The number of hydrogen-bond acceptors (Lipinski definition) is 4. The highest BCUT2D eigenvalue weighted by atomic mass is 35.5.